The number of imidazole rings is 1. The first-order valence-corrected chi connectivity index (χ1v) is 15.1. The van der Waals surface area contributed by atoms with Gasteiger partial charge in [0.1, 0.15) is 5.69 Å². The number of pyridine rings is 2. The maximum absolute atomic E-state index is 12.5. The first kappa shape index (κ1) is 22.6. The number of nitrogens with one attached hydrogen (secondary N) is 2. The molecule has 6 aromatic heterocycles. The van der Waals surface area contributed by atoms with Crippen molar-refractivity contribution in [3.8, 4) is 33.2 Å². The summed E-state index contributed by atoms with van der Waals surface area (Å²) >= 11 is 1.60. The molecule has 6 aromatic rings. The van der Waals surface area contributed by atoms with Crippen LogP contribution in [0.3, 0.4) is 0 Å². The van der Waals surface area contributed by atoms with Gasteiger partial charge >= 0.3 is 0 Å². The van der Waals surface area contributed by atoms with Crippen LogP contribution in [0, 0.1) is 0 Å². The molecule has 0 bridgehead atoms. The Morgan fingerprint density at radius 1 is 0.944 bits per heavy atom. The van der Waals surface area contributed by atoms with Gasteiger partial charge in [-0.1, -0.05) is 6.07 Å². The first-order valence-electron chi connectivity index (χ1n) is 10.5. The molecule has 0 spiro atoms. The third-order valence-corrected chi connectivity index (χ3v) is 8.60. The van der Waals surface area contributed by atoms with Gasteiger partial charge in [0.2, 0.25) is 25.0 Å². The largest absolute Gasteiger partial charge is 0.353 e. The van der Waals surface area contributed by atoms with E-state index in [4.69, 9.17) is 0 Å². The van der Waals surface area contributed by atoms with Crippen LogP contribution in [0.15, 0.2) is 59.5 Å². The molecule has 0 saturated carbocycles. The summed E-state index contributed by atoms with van der Waals surface area (Å²) in [5, 5.41) is 10.3. The van der Waals surface area contributed by atoms with Gasteiger partial charge in [0, 0.05) is 40.5 Å². The van der Waals surface area contributed by atoms with Crippen LogP contribution < -0.4 is 0 Å². The zero-order valence-electron chi connectivity index (χ0n) is 18.8. The maximum Gasteiger partial charge on any atom is 0.241 e. The van der Waals surface area contributed by atoms with Crippen molar-refractivity contribution >= 4 is 53.1 Å². The molecular weight excluding hydrogens is 522 g/mol. The number of aromatic nitrogens is 7. The molecule has 0 aliphatic carbocycles. The quantitative estimate of drug-likeness (QED) is 0.338. The molecule has 0 unspecified atom stereocenters. The summed E-state index contributed by atoms with van der Waals surface area (Å²) in [6.07, 6.45) is 6.23. The number of hydrogen-bond acceptors (Lipinski definition) is 9. The topological polar surface area (TPSA) is 156 Å². The van der Waals surface area contributed by atoms with Crippen molar-refractivity contribution in [1.29, 1.82) is 0 Å². The molecule has 0 atom stereocenters. The number of sulfone groups is 1. The van der Waals surface area contributed by atoms with Crippen molar-refractivity contribution in [2.45, 2.75) is 5.16 Å². The lowest BCUT2D eigenvalue weighted by atomic mass is 10.1. The molecule has 182 valence electrons. The second-order valence-electron chi connectivity index (χ2n) is 8.20. The predicted octanol–water partition coefficient (Wildman–Crippen LogP) is 3.30. The Morgan fingerprint density at radius 2 is 1.78 bits per heavy atom. The number of rotatable bonds is 5. The Kier molecular flexibility index (Phi) is 4.90. The van der Waals surface area contributed by atoms with Gasteiger partial charge in [-0.2, -0.15) is 5.10 Å². The van der Waals surface area contributed by atoms with Crippen LogP contribution in [0.5, 0.6) is 0 Å². The summed E-state index contributed by atoms with van der Waals surface area (Å²) in [7, 11) is -7.89. The SMILES string of the molecule is CS(=O)(=O)c1ncc(-c2cnc3[nH]nc(-c4cc5c(-c6cccs6)nccc5[nH]4)c3c2)n1S(C)(=O)=O. The van der Waals surface area contributed by atoms with Gasteiger partial charge in [0.05, 0.1) is 34.4 Å². The monoisotopic (exact) mass is 539 g/mol. The van der Waals surface area contributed by atoms with Gasteiger partial charge in [-0.25, -0.2) is 30.8 Å². The number of hydrogen-bond donors (Lipinski definition) is 2. The zero-order chi connectivity index (χ0) is 25.2. The fourth-order valence-electron chi connectivity index (χ4n) is 4.12. The van der Waals surface area contributed by atoms with Gasteiger partial charge in [0.25, 0.3) is 0 Å². The Labute approximate surface area is 208 Å². The van der Waals surface area contributed by atoms with E-state index in [0.29, 0.717) is 26.3 Å². The van der Waals surface area contributed by atoms with Crippen LogP contribution in [0.4, 0.5) is 0 Å². The summed E-state index contributed by atoms with van der Waals surface area (Å²) in [5.41, 5.74) is 3.97. The summed E-state index contributed by atoms with van der Waals surface area (Å²) in [6, 6.07) is 9.53. The second kappa shape index (κ2) is 7.81. The maximum atomic E-state index is 12.5. The van der Waals surface area contributed by atoms with Gasteiger partial charge in [-0.05, 0) is 29.6 Å². The molecule has 6 heterocycles. The van der Waals surface area contributed by atoms with E-state index in [2.05, 4.69) is 30.1 Å². The molecule has 11 nitrogen and oxygen atoms in total. The smallest absolute Gasteiger partial charge is 0.241 e. The molecule has 0 aromatic carbocycles. The molecule has 14 heteroatoms. The molecule has 0 radical (unpaired) electrons. The number of H-pyrrole nitrogens is 2. The Bertz CT molecular complexity index is 2000. The van der Waals surface area contributed by atoms with E-state index in [0.717, 1.165) is 39.7 Å². The Balaban J connectivity index is 1.54. The molecule has 6 rings (SSSR count). The van der Waals surface area contributed by atoms with Crippen molar-refractivity contribution in [2.75, 3.05) is 12.5 Å². The Morgan fingerprint density at radius 3 is 2.50 bits per heavy atom. The highest BCUT2D eigenvalue weighted by Gasteiger charge is 2.26. The van der Waals surface area contributed by atoms with Crippen molar-refractivity contribution in [2.24, 2.45) is 0 Å². The number of thiophene rings is 1. The van der Waals surface area contributed by atoms with Crippen LogP contribution >= 0.6 is 11.3 Å². The summed E-state index contributed by atoms with van der Waals surface area (Å²) in [6.45, 7) is 0. The van der Waals surface area contributed by atoms with Crippen LogP contribution in [0.2, 0.25) is 0 Å². The highest BCUT2D eigenvalue weighted by Crippen LogP contribution is 2.35. The summed E-state index contributed by atoms with van der Waals surface area (Å²) in [4.78, 5) is 17.2. The third kappa shape index (κ3) is 3.61. The number of nitrogens with zero attached hydrogens (tertiary/aromatic N) is 5. The lowest BCUT2D eigenvalue weighted by molar-refractivity contribution is 0.574. The van der Waals surface area contributed by atoms with Crippen molar-refractivity contribution in [3.05, 3.63) is 54.3 Å². The van der Waals surface area contributed by atoms with Crippen LogP contribution in [-0.2, 0) is 19.9 Å². The molecular formula is C22H17N7O4S3. The lowest BCUT2D eigenvalue weighted by Crippen LogP contribution is -2.17. The van der Waals surface area contributed by atoms with E-state index in [1.807, 2.05) is 29.6 Å². The molecule has 0 aliphatic rings. The van der Waals surface area contributed by atoms with E-state index in [1.165, 1.54) is 12.4 Å². The van der Waals surface area contributed by atoms with E-state index < -0.39 is 25.0 Å². The fourth-order valence-corrected chi connectivity index (χ4v) is 7.15. The van der Waals surface area contributed by atoms with E-state index in [-0.39, 0.29) is 5.69 Å². The lowest BCUT2D eigenvalue weighted by Gasteiger charge is -2.08. The number of fused-ring (bicyclic) bond motifs is 2. The molecule has 0 amide bonds. The molecule has 0 aliphatic heterocycles. The highest BCUT2D eigenvalue weighted by molar-refractivity contribution is 7.92. The van der Waals surface area contributed by atoms with Crippen molar-refractivity contribution in [3.63, 3.8) is 0 Å². The van der Waals surface area contributed by atoms with E-state index in [9.17, 15) is 16.8 Å². The standard InChI is InChI=1S/C22H17N7O4S3/c1-35(30,31)22-25-11-17(29(22)36(2,32)33)12-8-14-19(27-28-21(14)24-10-12)16-9-13-15(26-16)5-6-23-20(13)18-4-3-7-34-18/h3-11,26H,1-2H3,(H,24,27,28). The van der Waals surface area contributed by atoms with Gasteiger partial charge in [-0.3, -0.25) is 10.1 Å². The summed E-state index contributed by atoms with van der Waals surface area (Å²) < 4.78 is 50.0. The second-order valence-corrected chi connectivity index (χ2v) is 12.9. The minimum Gasteiger partial charge on any atom is -0.353 e. The highest BCUT2D eigenvalue weighted by atomic mass is 32.2. The molecule has 0 fully saturated rings. The van der Waals surface area contributed by atoms with Gasteiger partial charge in [0.15, 0.2) is 5.65 Å². The van der Waals surface area contributed by atoms with Crippen molar-refractivity contribution in [1.82, 2.24) is 34.1 Å². The van der Waals surface area contributed by atoms with Crippen molar-refractivity contribution < 1.29 is 16.8 Å². The molecule has 2 N–H and O–H groups in total. The van der Waals surface area contributed by atoms with Gasteiger partial charge in [-0.15, -0.1) is 11.3 Å². The minimum atomic E-state index is -3.99. The van der Waals surface area contributed by atoms with Crippen LogP contribution in [0.1, 0.15) is 0 Å². The number of aromatic amines is 2. The average Bonchev–Trinajstić information content (AvgIpc) is 3.61. The predicted molar refractivity (Wildman–Crippen MR) is 137 cm³/mol. The van der Waals surface area contributed by atoms with Crippen LogP contribution in [-0.4, -0.2) is 63.5 Å². The normalized spacial score (nSPS) is 12.6. The van der Waals surface area contributed by atoms with Crippen LogP contribution in [0.25, 0.3) is 55.2 Å². The van der Waals surface area contributed by atoms with Gasteiger partial charge < -0.3 is 4.98 Å². The third-order valence-electron chi connectivity index (χ3n) is 5.62. The zero-order valence-corrected chi connectivity index (χ0v) is 21.2. The van der Waals surface area contributed by atoms with E-state index in [1.54, 1.807) is 23.6 Å². The molecule has 0 saturated heterocycles. The molecule has 36 heavy (non-hydrogen) atoms. The van der Waals surface area contributed by atoms with E-state index >= 15 is 0 Å². The Hall–Kier alpha value is -3.88. The summed E-state index contributed by atoms with van der Waals surface area (Å²) in [5.74, 6) is 0. The minimum absolute atomic E-state index is 0.0836. The fraction of sp³-hybridized carbons (Fsp3) is 0.0909. The first-order chi connectivity index (χ1) is 17.1. The average molecular weight is 540 g/mol.